The van der Waals surface area contributed by atoms with Crippen LogP contribution in [-0.4, -0.2) is 30.3 Å². The lowest BCUT2D eigenvalue weighted by molar-refractivity contribution is 0.355. The SMILES string of the molecule is COc1cc2nc(C)n(CCCN)c2cc1OC. The normalized spacial score (nSPS) is 10.9. The van der Waals surface area contributed by atoms with Crippen molar-refractivity contribution in [3.63, 3.8) is 0 Å². The van der Waals surface area contributed by atoms with Gasteiger partial charge < -0.3 is 19.8 Å². The number of hydrogen-bond donors (Lipinski definition) is 1. The highest BCUT2D eigenvalue weighted by Crippen LogP contribution is 2.32. The Bertz CT molecular complexity index is 549. The van der Waals surface area contributed by atoms with Crippen molar-refractivity contribution in [1.82, 2.24) is 9.55 Å². The third kappa shape index (κ3) is 2.13. The summed E-state index contributed by atoms with van der Waals surface area (Å²) in [6.45, 7) is 3.54. The Balaban J connectivity index is 2.55. The predicted molar refractivity (Wildman–Crippen MR) is 71.2 cm³/mol. The number of aromatic nitrogens is 2. The zero-order valence-corrected chi connectivity index (χ0v) is 11.1. The van der Waals surface area contributed by atoms with Gasteiger partial charge in [0.05, 0.1) is 25.3 Å². The third-order valence-corrected chi connectivity index (χ3v) is 3.03. The second-order valence-corrected chi connectivity index (χ2v) is 4.15. The van der Waals surface area contributed by atoms with Crippen molar-refractivity contribution in [1.29, 1.82) is 0 Å². The Hall–Kier alpha value is -1.75. The van der Waals surface area contributed by atoms with Crippen molar-refractivity contribution in [2.45, 2.75) is 19.9 Å². The van der Waals surface area contributed by atoms with Gasteiger partial charge >= 0.3 is 0 Å². The van der Waals surface area contributed by atoms with Crippen molar-refractivity contribution in [3.05, 3.63) is 18.0 Å². The summed E-state index contributed by atoms with van der Waals surface area (Å²) in [7, 11) is 3.26. The molecule has 0 unspecified atom stereocenters. The lowest BCUT2D eigenvalue weighted by Gasteiger charge is -2.09. The standard InChI is InChI=1S/C13H19N3O2/c1-9-15-10-7-12(17-2)13(18-3)8-11(10)16(9)6-4-5-14/h7-8H,4-6,14H2,1-3H3. The van der Waals surface area contributed by atoms with Crippen LogP contribution in [-0.2, 0) is 6.54 Å². The van der Waals surface area contributed by atoms with Gasteiger partial charge in [-0.2, -0.15) is 0 Å². The fraction of sp³-hybridized carbons (Fsp3) is 0.462. The molecule has 0 radical (unpaired) electrons. The maximum absolute atomic E-state index is 5.56. The average molecular weight is 249 g/mol. The number of rotatable bonds is 5. The van der Waals surface area contributed by atoms with Gasteiger partial charge in [-0.25, -0.2) is 4.98 Å². The van der Waals surface area contributed by atoms with E-state index in [-0.39, 0.29) is 0 Å². The Kier molecular flexibility index (Phi) is 3.72. The molecule has 0 aliphatic heterocycles. The molecule has 0 aliphatic rings. The first-order valence-corrected chi connectivity index (χ1v) is 6.00. The van der Waals surface area contributed by atoms with Crippen LogP contribution in [0.15, 0.2) is 12.1 Å². The first-order chi connectivity index (χ1) is 8.71. The summed E-state index contributed by atoms with van der Waals surface area (Å²) in [4.78, 5) is 4.54. The summed E-state index contributed by atoms with van der Waals surface area (Å²) in [5.74, 6) is 2.40. The number of ether oxygens (including phenoxy) is 2. The van der Waals surface area contributed by atoms with E-state index in [1.807, 2.05) is 19.1 Å². The van der Waals surface area contributed by atoms with Crippen LogP contribution in [0.1, 0.15) is 12.2 Å². The van der Waals surface area contributed by atoms with Crippen molar-refractivity contribution in [2.24, 2.45) is 5.73 Å². The largest absolute Gasteiger partial charge is 0.493 e. The summed E-state index contributed by atoms with van der Waals surface area (Å²) in [5.41, 5.74) is 7.54. The Morgan fingerprint density at radius 1 is 1.22 bits per heavy atom. The number of nitrogens with zero attached hydrogens (tertiary/aromatic N) is 2. The summed E-state index contributed by atoms with van der Waals surface area (Å²) in [6, 6.07) is 3.87. The second-order valence-electron chi connectivity index (χ2n) is 4.15. The molecule has 98 valence electrons. The molecule has 1 heterocycles. The Morgan fingerprint density at radius 3 is 2.50 bits per heavy atom. The molecule has 5 heteroatoms. The van der Waals surface area contributed by atoms with E-state index in [1.165, 1.54) is 0 Å². The van der Waals surface area contributed by atoms with Crippen LogP contribution in [0.3, 0.4) is 0 Å². The Labute approximate surface area is 107 Å². The van der Waals surface area contributed by atoms with Crippen LogP contribution in [0.25, 0.3) is 11.0 Å². The minimum Gasteiger partial charge on any atom is -0.493 e. The minimum atomic E-state index is 0.673. The van der Waals surface area contributed by atoms with Crippen LogP contribution in [0, 0.1) is 6.92 Å². The number of benzene rings is 1. The van der Waals surface area contributed by atoms with Crippen molar-refractivity contribution >= 4 is 11.0 Å². The van der Waals surface area contributed by atoms with Gasteiger partial charge in [0.25, 0.3) is 0 Å². The smallest absolute Gasteiger partial charge is 0.163 e. The number of methoxy groups -OCH3 is 2. The van der Waals surface area contributed by atoms with Gasteiger partial charge in [0.2, 0.25) is 0 Å². The molecule has 5 nitrogen and oxygen atoms in total. The van der Waals surface area contributed by atoms with E-state index >= 15 is 0 Å². The van der Waals surface area contributed by atoms with Crippen LogP contribution >= 0.6 is 0 Å². The lowest BCUT2D eigenvalue weighted by atomic mass is 10.2. The fourth-order valence-corrected chi connectivity index (χ4v) is 2.10. The number of hydrogen-bond acceptors (Lipinski definition) is 4. The molecule has 2 N–H and O–H groups in total. The minimum absolute atomic E-state index is 0.673. The number of aryl methyl sites for hydroxylation is 2. The molecule has 1 aromatic carbocycles. The topological polar surface area (TPSA) is 62.3 Å². The second kappa shape index (κ2) is 5.27. The lowest BCUT2D eigenvalue weighted by Crippen LogP contribution is -2.07. The molecule has 0 spiro atoms. The fourth-order valence-electron chi connectivity index (χ4n) is 2.10. The highest BCUT2D eigenvalue weighted by atomic mass is 16.5. The third-order valence-electron chi connectivity index (χ3n) is 3.03. The van der Waals surface area contributed by atoms with E-state index in [0.29, 0.717) is 12.3 Å². The molecule has 1 aromatic heterocycles. The summed E-state index contributed by atoms with van der Waals surface area (Å²) in [5, 5.41) is 0. The average Bonchev–Trinajstić information content (AvgIpc) is 2.69. The summed E-state index contributed by atoms with van der Waals surface area (Å²) in [6.07, 6.45) is 0.931. The van der Waals surface area contributed by atoms with E-state index in [9.17, 15) is 0 Å². The quantitative estimate of drug-likeness (QED) is 0.876. The van der Waals surface area contributed by atoms with Crippen LogP contribution < -0.4 is 15.2 Å². The van der Waals surface area contributed by atoms with Gasteiger partial charge in [0.15, 0.2) is 11.5 Å². The van der Waals surface area contributed by atoms with Crippen LogP contribution in [0.4, 0.5) is 0 Å². The molecule has 0 aliphatic carbocycles. The summed E-state index contributed by atoms with van der Waals surface area (Å²) < 4.78 is 12.8. The number of imidazole rings is 1. The molecule has 0 saturated heterocycles. The predicted octanol–water partition coefficient (Wildman–Crippen LogP) is 1.71. The van der Waals surface area contributed by atoms with E-state index in [1.54, 1.807) is 14.2 Å². The molecular weight excluding hydrogens is 230 g/mol. The number of nitrogens with two attached hydrogens (primary N) is 1. The molecule has 0 amide bonds. The van der Waals surface area contributed by atoms with E-state index in [2.05, 4.69) is 9.55 Å². The van der Waals surface area contributed by atoms with Gasteiger partial charge in [-0.1, -0.05) is 0 Å². The van der Waals surface area contributed by atoms with E-state index in [0.717, 1.165) is 35.6 Å². The highest BCUT2D eigenvalue weighted by Gasteiger charge is 2.12. The van der Waals surface area contributed by atoms with Gasteiger partial charge in [-0.3, -0.25) is 0 Å². The molecule has 2 aromatic rings. The zero-order chi connectivity index (χ0) is 13.1. The molecule has 0 atom stereocenters. The monoisotopic (exact) mass is 249 g/mol. The summed E-state index contributed by atoms with van der Waals surface area (Å²) >= 11 is 0. The Morgan fingerprint density at radius 2 is 1.89 bits per heavy atom. The van der Waals surface area contributed by atoms with E-state index < -0.39 is 0 Å². The first kappa shape index (κ1) is 12.7. The molecule has 0 bridgehead atoms. The van der Waals surface area contributed by atoms with E-state index in [4.69, 9.17) is 15.2 Å². The first-order valence-electron chi connectivity index (χ1n) is 6.00. The maximum Gasteiger partial charge on any atom is 0.163 e. The zero-order valence-electron chi connectivity index (χ0n) is 11.1. The van der Waals surface area contributed by atoms with Gasteiger partial charge in [0.1, 0.15) is 5.82 Å². The van der Waals surface area contributed by atoms with Gasteiger partial charge in [0, 0.05) is 18.7 Å². The van der Waals surface area contributed by atoms with Crippen LogP contribution in [0.5, 0.6) is 11.5 Å². The molecule has 18 heavy (non-hydrogen) atoms. The number of fused-ring (bicyclic) bond motifs is 1. The molecular formula is C13H19N3O2. The van der Waals surface area contributed by atoms with Gasteiger partial charge in [-0.15, -0.1) is 0 Å². The maximum atomic E-state index is 5.56. The van der Waals surface area contributed by atoms with Crippen molar-refractivity contribution < 1.29 is 9.47 Å². The molecule has 2 rings (SSSR count). The molecule has 0 fully saturated rings. The van der Waals surface area contributed by atoms with Crippen molar-refractivity contribution in [2.75, 3.05) is 20.8 Å². The van der Waals surface area contributed by atoms with Crippen LogP contribution in [0.2, 0.25) is 0 Å². The highest BCUT2D eigenvalue weighted by molar-refractivity contribution is 5.80. The van der Waals surface area contributed by atoms with Gasteiger partial charge in [-0.05, 0) is 19.9 Å². The van der Waals surface area contributed by atoms with Crippen molar-refractivity contribution in [3.8, 4) is 11.5 Å². The molecule has 0 saturated carbocycles.